The first-order valence-corrected chi connectivity index (χ1v) is 8.52. The van der Waals surface area contributed by atoms with Crippen molar-refractivity contribution in [2.24, 2.45) is 0 Å². The minimum atomic E-state index is -0.125. The van der Waals surface area contributed by atoms with E-state index in [4.69, 9.17) is 10.00 Å². The molecular weight excluding hydrogens is 334 g/mol. The number of urea groups is 1. The first-order valence-electron chi connectivity index (χ1n) is 8.52. The van der Waals surface area contributed by atoms with Crippen molar-refractivity contribution in [1.82, 2.24) is 30.4 Å². The number of nitrogens with zero attached hydrogens (tertiary/aromatic N) is 5. The number of H-pyrrole nitrogens is 1. The number of nitriles is 1. The molecule has 0 bridgehead atoms. The molecular formula is C17H21N7O2. The first kappa shape index (κ1) is 17.7. The zero-order chi connectivity index (χ0) is 18.4. The summed E-state index contributed by atoms with van der Waals surface area (Å²) >= 11 is 0. The lowest BCUT2D eigenvalue weighted by Crippen LogP contribution is -2.45. The molecule has 3 rings (SSSR count). The Hall–Kier alpha value is -3.15. The Bertz CT molecular complexity index is 746. The molecule has 9 heteroatoms. The summed E-state index contributed by atoms with van der Waals surface area (Å²) < 4.78 is 5.86. The normalized spacial score (nSPS) is 19.4. The number of aromatic amines is 1. The Balaban J connectivity index is 1.41. The second-order valence-electron chi connectivity index (χ2n) is 6.33. The highest BCUT2D eigenvalue weighted by molar-refractivity contribution is 5.74. The topological polar surface area (TPSA) is 120 Å². The largest absolute Gasteiger partial charge is 0.474 e. The van der Waals surface area contributed by atoms with E-state index >= 15 is 0 Å². The van der Waals surface area contributed by atoms with Crippen molar-refractivity contribution in [3.05, 3.63) is 36.0 Å². The van der Waals surface area contributed by atoms with Gasteiger partial charge in [0, 0.05) is 25.4 Å². The van der Waals surface area contributed by atoms with Crippen LogP contribution in [0.4, 0.5) is 4.79 Å². The molecule has 136 valence electrons. The van der Waals surface area contributed by atoms with Gasteiger partial charge in [0.1, 0.15) is 24.3 Å². The van der Waals surface area contributed by atoms with E-state index in [2.05, 4.69) is 25.5 Å². The van der Waals surface area contributed by atoms with E-state index in [1.165, 1.54) is 12.5 Å². The van der Waals surface area contributed by atoms with E-state index in [1.807, 2.05) is 6.07 Å². The van der Waals surface area contributed by atoms with Crippen LogP contribution in [0.25, 0.3) is 0 Å². The molecule has 1 fully saturated rings. The van der Waals surface area contributed by atoms with Crippen LogP contribution in [-0.2, 0) is 6.54 Å². The smallest absolute Gasteiger partial charge is 0.317 e. The Labute approximate surface area is 151 Å². The highest BCUT2D eigenvalue weighted by Crippen LogP contribution is 2.23. The van der Waals surface area contributed by atoms with Crippen LogP contribution in [0, 0.1) is 11.3 Å². The summed E-state index contributed by atoms with van der Waals surface area (Å²) in [6.45, 7) is 0.384. The fourth-order valence-electron chi connectivity index (χ4n) is 2.90. The number of amides is 2. The van der Waals surface area contributed by atoms with Crippen molar-refractivity contribution in [3.63, 3.8) is 0 Å². The van der Waals surface area contributed by atoms with Crippen molar-refractivity contribution in [3.8, 4) is 11.9 Å². The van der Waals surface area contributed by atoms with Gasteiger partial charge in [-0.15, -0.1) is 0 Å². The molecule has 2 aromatic rings. The predicted molar refractivity (Wildman–Crippen MR) is 92.0 cm³/mol. The van der Waals surface area contributed by atoms with Crippen LogP contribution in [0.15, 0.2) is 24.7 Å². The average molecular weight is 355 g/mol. The lowest BCUT2D eigenvalue weighted by Gasteiger charge is -2.30. The lowest BCUT2D eigenvalue weighted by atomic mass is 9.93. The van der Waals surface area contributed by atoms with E-state index in [1.54, 1.807) is 24.1 Å². The first-order chi connectivity index (χ1) is 12.6. The summed E-state index contributed by atoms with van der Waals surface area (Å²) in [6.07, 6.45) is 6.40. The monoisotopic (exact) mass is 355 g/mol. The fraction of sp³-hybridized carbons (Fsp3) is 0.471. The molecule has 2 aromatic heterocycles. The van der Waals surface area contributed by atoms with Crippen molar-refractivity contribution >= 4 is 6.03 Å². The number of hydrogen-bond acceptors (Lipinski definition) is 6. The van der Waals surface area contributed by atoms with E-state index in [0.717, 1.165) is 25.7 Å². The number of pyridine rings is 1. The Morgan fingerprint density at radius 1 is 1.38 bits per heavy atom. The van der Waals surface area contributed by atoms with Crippen LogP contribution in [0.3, 0.4) is 0 Å². The second kappa shape index (κ2) is 8.29. The molecule has 0 atom stereocenters. The predicted octanol–water partition coefficient (Wildman–Crippen LogP) is 1.60. The lowest BCUT2D eigenvalue weighted by molar-refractivity contribution is 0.132. The van der Waals surface area contributed by atoms with Crippen LogP contribution in [0.2, 0.25) is 0 Å². The number of carbonyl (C=O) groups excluding carboxylic acids is 1. The molecule has 26 heavy (non-hydrogen) atoms. The molecule has 0 aliphatic heterocycles. The minimum Gasteiger partial charge on any atom is -0.474 e. The molecule has 0 unspecified atom stereocenters. The summed E-state index contributed by atoms with van der Waals surface area (Å²) in [5.41, 5.74) is 0.512. The van der Waals surface area contributed by atoms with Gasteiger partial charge in [-0.05, 0) is 31.7 Å². The number of nitrogens with one attached hydrogen (secondary N) is 2. The Morgan fingerprint density at radius 3 is 2.81 bits per heavy atom. The second-order valence-corrected chi connectivity index (χ2v) is 6.33. The average Bonchev–Trinajstić information content (AvgIpc) is 3.17. The SMILES string of the molecule is CN(Cc1ncn[nH]1)C(=O)NC1CCC(Oc2ccc(C#N)cn2)CC1. The molecule has 0 saturated heterocycles. The standard InChI is InChI=1S/C17H21N7O2/c1-24(10-15-20-11-21-23-15)17(25)22-13-3-5-14(6-4-13)26-16-7-2-12(8-18)9-19-16/h2,7,9,11,13-14H,3-6,10H2,1H3,(H,22,25)(H,20,21,23). The van der Waals surface area contributed by atoms with Crippen LogP contribution in [0.1, 0.15) is 37.1 Å². The molecule has 2 heterocycles. The van der Waals surface area contributed by atoms with Gasteiger partial charge in [0.2, 0.25) is 5.88 Å². The molecule has 0 radical (unpaired) electrons. The molecule has 9 nitrogen and oxygen atoms in total. The molecule has 0 aromatic carbocycles. The quantitative estimate of drug-likeness (QED) is 0.840. The summed E-state index contributed by atoms with van der Waals surface area (Å²) in [6, 6.07) is 5.45. The summed E-state index contributed by atoms with van der Waals surface area (Å²) in [5.74, 6) is 1.18. The number of carbonyl (C=O) groups is 1. The Morgan fingerprint density at radius 2 is 2.19 bits per heavy atom. The van der Waals surface area contributed by atoms with Crippen molar-refractivity contribution in [1.29, 1.82) is 5.26 Å². The summed E-state index contributed by atoms with van der Waals surface area (Å²) in [5, 5.41) is 18.3. The van der Waals surface area contributed by atoms with Gasteiger partial charge in [-0.25, -0.2) is 14.8 Å². The number of rotatable bonds is 5. The van der Waals surface area contributed by atoms with Crippen molar-refractivity contribution in [2.75, 3.05) is 7.05 Å². The van der Waals surface area contributed by atoms with Crippen LogP contribution < -0.4 is 10.1 Å². The van der Waals surface area contributed by atoms with Crippen molar-refractivity contribution in [2.45, 2.75) is 44.4 Å². The zero-order valence-electron chi connectivity index (χ0n) is 14.6. The van der Waals surface area contributed by atoms with E-state index in [0.29, 0.717) is 23.8 Å². The molecule has 0 spiro atoms. The van der Waals surface area contributed by atoms with E-state index < -0.39 is 0 Å². The van der Waals surface area contributed by atoms with Crippen molar-refractivity contribution < 1.29 is 9.53 Å². The molecule has 1 aliphatic carbocycles. The van der Waals surface area contributed by atoms with E-state index in [-0.39, 0.29) is 18.2 Å². The maximum Gasteiger partial charge on any atom is 0.317 e. The van der Waals surface area contributed by atoms with Crippen LogP contribution >= 0.6 is 0 Å². The summed E-state index contributed by atoms with van der Waals surface area (Å²) in [4.78, 5) is 22.0. The number of ether oxygens (including phenoxy) is 1. The van der Waals surface area contributed by atoms with Gasteiger partial charge in [-0.1, -0.05) is 0 Å². The van der Waals surface area contributed by atoms with Gasteiger partial charge in [-0.2, -0.15) is 10.4 Å². The van der Waals surface area contributed by atoms with Gasteiger partial charge < -0.3 is 15.0 Å². The zero-order valence-corrected chi connectivity index (χ0v) is 14.6. The molecule has 2 N–H and O–H groups in total. The molecule has 1 saturated carbocycles. The highest BCUT2D eigenvalue weighted by atomic mass is 16.5. The fourth-order valence-corrected chi connectivity index (χ4v) is 2.90. The maximum atomic E-state index is 12.3. The maximum absolute atomic E-state index is 12.3. The minimum absolute atomic E-state index is 0.0792. The van der Waals surface area contributed by atoms with Gasteiger partial charge in [0.05, 0.1) is 12.1 Å². The van der Waals surface area contributed by atoms with Gasteiger partial charge >= 0.3 is 6.03 Å². The summed E-state index contributed by atoms with van der Waals surface area (Å²) in [7, 11) is 1.73. The van der Waals surface area contributed by atoms with Gasteiger partial charge in [-0.3, -0.25) is 5.10 Å². The van der Waals surface area contributed by atoms with Crippen LogP contribution in [0.5, 0.6) is 5.88 Å². The number of aromatic nitrogens is 4. The van der Waals surface area contributed by atoms with E-state index in [9.17, 15) is 4.79 Å². The molecule has 2 amide bonds. The number of hydrogen-bond donors (Lipinski definition) is 2. The highest BCUT2D eigenvalue weighted by Gasteiger charge is 2.25. The third-order valence-electron chi connectivity index (χ3n) is 4.35. The molecule has 1 aliphatic rings. The van der Waals surface area contributed by atoms with Crippen LogP contribution in [-0.4, -0.2) is 50.3 Å². The third kappa shape index (κ3) is 4.69. The van der Waals surface area contributed by atoms with Gasteiger partial charge in [0.25, 0.3) is 0 Å². The van der Waals surface area contributed by atoms with Gasteiger partial charge in [0.15, 0.2) is 0 Å². The third-order valence-corrected chi connectivity index (χ3v) is 4.35. The Kier molecular flexibility index (Phi) is 5.63.